The highest BCUT2D eigenvalue weighted by atomic mass is 16.6. The summed E-state index contributed by atoms with van der Waals surface area (Å²) in [6.07, 6.45) is 0.735. The van der Waals surface area contributed by atoms with E-state index < -0.39 is 0 Å². The van der Waals surface area contributed by atoms with Gasteiger partial charge in [-0.15, -0.1) is 0 Å². The van der Waals surface area contributed by atoms with Gasteiger partial charge in [-0.05, 0) is 32.4 Å². The Hall–Kier alpha value is -2.08. The van der Waals surface area contributed by atoms with Crippen molar-refractivity contribution in [3.63, 3.8) is 0 Å². The third-order valence-corrected chi connectivity index (χ3v) is 4.35. The molecule has 1 aliphatic rings. The zero-order chi connectivity index (χ0) is 16.4. The molecule has 0 bridgehead atoms. The second-order valence-electron chi connectivity index (χ2n) is 6.10. The molecule has 0 unspecified atom stereocenters. The van der Waals surface area contributed by atoms with Crippen LogP contribution in [0, 0.1) is 6.92 Å². The fraction of sp³-hybridized carbons (Fsp3) is 0.529. The van der Waals surface area contributed by atoms with Crippen molar-refractivity contribution in [3.8, 4) is 0 Å². The van der Waals surface area contributed by atoms with Crippen LogP contribution in [-0.2, 0) is 18.3 Å². The number of ether oxygens (including phenoxy) is 1. The van der Waals surface area contributed by atoms with Crippen LogP contribution in [0.5, 0.6) is 0 Å². The second kappa shape index (κ2) is 6.58. The first-order valence-corrected chi connectivity index (χ1v) is 8.15. The molecule has 1 fully saturated rings. The van der Waals surface area contributed by atoms with E-state index in [1.807, 2.05) is 18.7 Å². The van der Waals surface area contributed by atoms with Crippen LogP contribution in [0.2, 0.25) is 0 Å². The molecule has 1 aromatic carbocycles. The van der Waals surface area contributed by atoms with Gasteiger partial charge < -0.3 is 15.0 Å². The van der Waals surface area contributed by atoms with Gasteiger partial charge in [0.1, 0.15) is 0 Å². The van der Waals surface area contributed by atoms with Crippen LogP contribution in [0.4, 0.5) is 4.79 Å². The fourth-order valence-electron chi connectivity index (χ4n) is 3.13. The number of nitrogens with zero attached hydrogens (tertiary/aromatic N) is 3. The lowest BCUT2D eigenvalue weighted by Crippen LogP contribution is -2.35. The number of hydrogen-bond donors (Lipinski definition) is 1. The van der Waals surface area contributed by atoms with E-state index in [-0.39, 0.29) is 6.09 Å². The number of rotatable bonds is 4. The van der Waals surface area contributed by atoms with E-state index in [1.165, 1.54) is 10.9 Å². The number of aromatic nitrogens is 2. The van der Waals surface area contributed by atoms with Crippen molar-refractivity contribution in [1.82, 2.24) is 20.0 Å². The highest BCUT2D eigenvalue weighted by Crippen LogP contribution is 2.20. The molecule has 0 spiro atoms. The van der Waals surface area contributed by atoms with Crippen LogP contribution < -0.4 is 5.32 Å². The van der Waals surface area contributed by atoms with E-state index in [0.717, 1.165) is 24.2 Å². The van der Waals surface area contributed by atoms with Gasteiger partial charge in [0, 0.05) is 38.1 Å². The topological polar surface area (TPSA) is 59.4 Å². The summed E-state index contributed by atoms with van der Waals surface area (Å²) in [7, 11) is 1.97. The normalized spacial score (nSPS) is 17.9. The van der Waals surface area contributed by atoms with Crippen LogP contribution in [-0.4, -0.2) is 46.5 Å². The van der Waals surface area contributed by atoms with Crippen LogP contribution >= 0.6 is 0 Å². The summed E-state index contributed by atoms with van der Waals surface area (Å²) in [5.41, 5.74) is 3.44. The minimum Gasteiger partial charge on any atom is -0.450 e. The maximum absolute atomic E-state index is 11.7. The standard InChI is InChI=1S/C17H24N4O2/c1-4-23-17(22)21-8-7-13(11-21)18-10-15-14-9-12(2)5-6-16(14)20(3)19-15/h5-6,9,13,18H,4,7-8,10-11H2,1-3H3/t13-/m0/s1. The van der Waals surface area contributed by atoms with Gasteiger partial charge in [0.2, 0.25) is 0 Å². The Balaban J connectivity index is 1.63. The maximum atomic E-state index is 11.7. The van der Waals surface area contributed by atoms with Crippen molar-refractivity contribution in [2.75, 3.05) is 19.7 Å². The SMILES string of the molecule is CCOC(=O)N1CC[C@H](NCc2nn(C)c3ccc(C)cc23)C1. The van der Waals surface area contributed by atoms with E-state index in [1.54, 1.807) is 4.90 Å². The average Bonchev–Trinajstić information content (AvgIpc) is 3.11. The Bertz CT molecular complexity index is 710. The van der Waals surface area contributed by atoms with Gasteiger partial charge in [0.25, 0.3) is 0 Å². The Kier molecular flexibility index (Phi) is 4.52. The molecule has 0 saturated carbocycles. The molecule has 124 valence electrons. The zero-order valence-corrected chi connectivity index (χ0v) is 14.0. The minimum absolute atomic E-state index is 0.212. The van der Waals surface area contributed by atoms with Crippen molar-refractivity contribution in [3.05, 3.63) is 29.5 Å². The smallest absolute Gasteiger partial charge is 0.409 e. The molecular weight excluding hydrogens is 292 g/mol. The van der Waals surface area contributed by atoms with E-state index in [4.69, 9.17) is 4.74 Å². The average molecular weight is 316 g/mol. The molecule has 23 heavy (non-hydrogen) atoms. The predicted molar refractivity (Wildman–Crippen MR) is 89.3 cm³/mol. The number of carbonyl (C=O) groups is 1. The Morgan fingerprint density at radius 2 is 2.30 bits per heavy atom. The number of likely N-dealkylation sites (tertiary alicyclic amines) is 1. The lowest BCUT2D eigenvalue weighted by atomic mass is 10.1. The van der Waals surface area contributed by atoms with Gasteiger partial charge in [-0.3, -0.25) is 4.68 Å². The van der Waals surface area contributed by atoms with Gasteiger partial charge in [-0.1, -0.05) is 11.6 Å². The molecule has 1 amide bonds. The number of benzene rings is 1. The minimum atomic E-state index is -0.212. The highest BCUT2D eigenvalue weighted by molar-refractivity contribution is 5.82. The third kappa shape index (κ3) is 3.32. The Morgan fingerprint density at radius 1 is 1.48 bits per heavy atom. The Labute approximate surface area is 136 Å². The second-order valence-corrected chi connectivity index (χ2v) is 6.10. The zero-order valence-electron chi connectivity index (χ0n) is 14.0. The predicted octanol–water partition coefficient (Wildman–Crippen LogP) is 2.20. The molecule has 2 aromatic rings. The molecule has 6 nitrogen and oxygen atoms in total. The molecular formula is C17H24N4O2. The first-order valence-electron chi connectivity index (χ1n) is 8.15. The molecule has 0 aliphatic carbocycles. The summed E-state index contributed by atoms with van der Waals surface area (Å²) in [6.45, 7) is 6.51. The van der Waals surface area contributed by atoms with Crippen LogP contribution in [0.1, 0.15) is 24.6 Å². The van der Waals surface area contributed by atoms with Gasteiger partial charge in [-0.25, -0.2) is 4.79 Å². The molecule has 1 N–H and O–H groups in total. The Morgan fingerprint density at radius 3 is 3.09 bits per heavy atom. The summed E-state index contributed by atoms with van der Waals surface area (Å²) >= 11 is 0. The monoisotopic (exact) mass is 316 g/mol. The molecule has 0 radical (unpaired) electrons. The maximum Gasteiger partial charge on any atom is 0.409 e. The van der Waals surface area contributed by atoms with Crippen molar-refractivity contribution >= 4 is 17.0 Å². The summed E-state index contributed by atoms with van der Waals surface area (Å²) in [5.74, 6) is 0. The molecule has 1 aliphatic heterocycles. The van der Waals surface area contributed by atoms with Crippen molar-refractivity contribution in [2.24, 2.45) is 7.05 Å². The molecule has 1 saturated heterocycles. The van der Waals surface area contributed by atoms with Crippen molar-refractivity contribution in [2.45, 2.75) is 32.9 Å². The summed E-state index contributed by atoms with van der Waals surface area (Å²) in [4.78, 5) is 13.5. The lowest BCUT2D eigenvalue weighted by molar-refractivity contribution is 0.115. The molecule has 1 atom stereocenters. The molecule has 6 heteroatoms. The molecule has 3 rings (SSSR count). The van der Waals surface area contributed by atoms with Crippen LogP contribution in [0.15, 0.2) is 18.2 Å². The van der Waals surface area contributed by atoms with E-state index >= 15 is 0 Å². The first-order chi connectivity index (χ1) is 11.1. The molecule has 2 heterocycles. The number of fused-ring (bicyclic) bond motifs is 1. The number of aryl methyl sites for hydroxylation is 2. The highest BCUT2D eigenvalue weighted by Gasteiger charge is 2.26. The van der Waals surface area contributed by atoms with Crippen LogP contribution in [0.3, 0.4) is 0 Å². The van der Waals surface area contributed by atoms with Crippen molar-refractivity contribution in [1.29, 1.82) is 0 Å². The summed E-state index contributed by atoms with van der Waals surface area (Å²) in [6, 6.07) is 6.69. The van der Waals surface area contributed by atoms with Gasteiger partial charge in [-0.2, -0.15) is 5.10 Å². The third-order valence-electron chi connectivity index (χ3n) is 4.35. The fourth-order valence-corrected chi connectivity index (χ4v) is 3.13. The quantitative estimate of drug-likeness (QED) is 0.939. The van der Waals surface area contributed by atoms with Crippen molar-refractivity contribution < 1.29 is 9.53 Å². The first kappa shape index (κ1) is 15.8. The van der Waals surface area contributed by atoms with E-state index in [9.17, 15) is 4.79 Å². The van der Waals surface area contributed by atoms with E-state index in [0.29, 0.717) is 25.7 Å². The lowest BCUT2D eigenvalue weighted by Gasteiger charge is -2.16. The molecule has 1 aromatic heterocycles. The largest absolute Gasteiger partial charge is 0.450 e. The summed E-state index contributed by atoms with van der Waals surface area (Å²) in [5, 5.41) is 9.34. The van der Waals surface area contributed by atoms with E-state index in [2.05, 4.69) is 35.5 Å². The number of amides is 1. The summed E-state index contributed by atoms with van der Waals surface area (Å²) < 4.78 is 6.98. The number of nitrogens with one attached hydrogen (secondary N) is 1. The van der Waals surface area contributed by atoms with Gasteiger partial charge >= 0.3 is 6.09 Å². The number of hydrogen-bond acceptors (Lipinski definition) is 4. The van der Waals surface area contributed by atoms with Gasteiger partial charge in [0.05, 0.1) is 17.8 Å². The van der Waals surface area contributed by atoms with Gasteiger partial charge in [0.15, 0.2) is 0 Å². The van der Waals surface area contributed by atoms with Crippen LogP contribution in [0.25, 0.3) is 10.9 Å². The number of carbonyl (C=O) groups excluding carboxylic acids is 1.